The van der Waals surface area contributed by atoms with E-state index in [0.717, 1.165) is 25.2 Å². The largest absolute Gasteiger partial charge is 0.326 e. The van der Waals surface area contributed by atoms with E-state index in [9.17, 15) is 4.39 Å². The second kappa shape index (κ2) is 5.73. The van der Waals surface area contributed by atoms with E-state index in [4.69, 9.17) is 5.73 Å². The number of nitrogens with zero attached hydrogens (tertiary/aromatic N) is 1. The smallest absolute Gasteiger partial charge is 0.123 e. The van der Waals surface area contributed by atoms with Gasteiger partial charge in [0.25, 0.3) is 0 Å². The number of rotatable bonds is 3. The van der Waals surface area contributed by atoms with Crippen LogP contribution in [0.2, 0.25) is 0 Å². The maximum Gasteiger partial charge on any atom is 0.123 e. The first-order valence-corrected chi connectivity index (χ1v) is 7.00. The predicted molar refractivity (Wildman–Crippen MR) is 78.8 cm³/mol. The third kappa shape index (κ3) is 2.89. The molecule has 0 unspecified atom stereocenters. The first-order chi connectivity index (χ1) is 9.72. The monoisotopic (exact) mass is 270 g/mol. The molecule has 0 aliphatic carbocycles. The van der Waals surface area contributed by atoms with Crippen LogP contribution >= 0.6 is 0 Å². The molecule has 0 radical (unpaired) electrons. The SMILES string of the molecule is N[C@@H]1CN(Cc2ccccc2)C[C@@H]1c1cccc(F)c1. The average molecular weight is 270 g/mol. The Morgan fingerprint density at radius 1 is 1.05 bits per heavy atom. The molecule has 2 aromatic carbocycles. The fourth-order valence-electron chi connectivity index (χ4n) is 2.97. The van der Waals surface area contributed by atoms with Gasteiger partial charge in [-0.15, -0.1) is 0 Å². The molecule has 0 spiro atoms. The summed E-state index contributed by atoms with van der Waals surface area (Å²) in [5.74, 6) is 0.0330. The Bertz CT molecular complexity index is 570. The fourth-order valence-corrected chi connectivity index (χ4v) is 2.97. The van der Waals surface area contributed by atoms with Crippen LogP contribution in [-0.4, -0.2) is 24.0 Å². The molecule has 3 heteroatoms. The first kappa shape index (κ1) is 13.3. The van der Waals surface area contributed by atoms with Crippen molar-refractivity contribution in [3.05, 3.63) is 71.5 Å². The van der Waals surface area contributed by atoms with Crippen LogP contribution in [0, 0.1) is 5.82 Å². The summed E-state index contributed by atoms with van der Waals surface area (Å²) in [6, 6.07) is 17.3. The number of nitrogens with two attached hydrogens (primary N) is 1. The molecule has 2 atom stereocenters. The van der Waals surface area contributed by atoms with Crippen molar-refractivity contribution >= 4 is 0 Å². The molecule has 2 nitrogen and oxygen atoms in total. The van der Waals surface area contributed by atoms with Crippen molar-refractivity contribution in [3.8, 4) is 0 Å². The lowest BCUT2D eigenvalue weighted by Gasteiger charge is -2.16. The van der Waals surface area contributed by atoms with Gasteiger partial charge in [-0.2, -0.15) is 0 Å². The van der Waals surface area contributed by atoms with Crippen molar-refractivity contribution in [1.29, 1.82) is 0 Å². The van der Waals surface area contributed by atoms with E-state index < -0.39 is 0 Å². The molecular weight excluding hydrogens is 251 g/mol. The van der Waals surface area contributed by atoms with Crippen molar-refractivity contribution in [2.45, 2.75) is 18.5 Å². The molecule has 1 fully saturated rings. The molecule has 1 heterocycles. The molecule has 104 valence electrons. The molecule has 2 N–H and O–H groups in total. The van der Waals surface area contributed by atoms with Gasteiger partial charge in [0.05, 0.1) is 0 Å². The summed E-state index contributed by atoms with van der Waals surface area (Å²) in [4.78, 5) is 2.34. The first-order valence-electron chi connectivity index (χ1n) is 7.00. The number of hydrogen-bond acceptors (Lipinski definition) is 2. The fraction of sp³-hybridized carbons (Fsp3) is 0.294. The quantitative estimate of drug-likeness (QED) is 0.929. The van der Waals surface area contributed by atoms with E-state index in [0.29, 0.717) is 0 Å². The van der Waals surface area contributed by atoms with E-state index in [1.54, 1.807) is 12.1 Å². The molecule has 2 aromatic rings. The Hall–Kier alpha value is -1.71. The highest BCUT2D eigenvalue weighted by Gasteiger charge is 2.31. The highest BCUT2D eigenvalue weighted by Crippen LogP contribution is 2.27. The van der Waals surface area contributed by atoms with Crippen LogP contribution in [0.5, 0.6) is 0 Å². The summed E-state index contributed by atoms with van der Waals surface area (Å²) in [5, 5.41) is 0. The molecule has 3 rings (SSSR count). The van der Waals surface area contributed by atoms with Crippen molar-refractivity contribution in [2.24, 2.45) is 5.73 Å². The van der Waals surface area contributed by atoms with Gasteiger partial charge < -0.3 is 5.73 Å². The van der Waals surface area contributed by atoms with Gasteiger partial charge in [0, 0.05) is 31.6 Å². The Labute approximate surface area is 119 Å². The second-order valence-electron chi connectivity index (χ2n) is 5.51. The molecule has 1 saturated heterocycles. The van der Waals surface area contributed by atoms with Crippen LogP contribution in [0.3, 0.4) is 0 Å². The van der Waals surface area contributed by atoms with E-state index in [-0.39, 0.29) is 17.8 Å². The van der Waals surface area contributed by atoms with Crippen molar-refractivity contribution in [3.63, 3.8) is 0 Å². The topological polar surface area (TPSA) is 29.3 Å². The van der Waals surface area contributed by atoms with Gasteiger partial charge >= 0.3 is 0 Å². The Morgan fingerprint density at radius 3 is 2.60 bits per heavy atom. The summed E-state index contributed by atoms with van der Waals surface area (Å²) in [5.41, 5.74) is 8.54. The minimum atomic E-state index is -0.184. The summed E-state index contributed by atoms with van der Waals surface area (Å²) < 4.78 is 13.3. The highest BCUT2D eigenvalue weighted by atomic mass is 19.1. The Balaban J connectivity index is 1.71. The maximum atomic E-state index is 13.3. The average Bonchev–Trinajstić information content (AvgIpc) is 2.81. The van der Waals surface area contributed by atoms with Crippen molar-refractivity contribution < 1.29 is 4.39 Å². The third-order valence-corrected chi connectivity index (χ3v) is 3.97. The molecule has 0 saturated carbocycles. The van der Waals surface area contributed by atoms with Gasteiger partial charge in [-0.1, -0.05) is 42.5 Å². The Morgan fingerprint density at radius 2 is 1.85 bits per heavy atom. The second-order valence-corrected chi connectivity index (χ2v) is 5.51. The van der Waals surface area contributed by atoms with Gasteiger partial charge in [0.15, 0.2) is 0 Å². The minimum absolute atomic E-state index is 0.0699. The van der Waals surface area contributed by atoms with Crippen LogP contribution in [0.4, 0.5) is 4.39 Å². The van der Waals surface area contributed by atoms with Gasteiger partial charge in [0.1, 0.15) is 5.82 Å². The van der Waals surface area contributed by atoms with Gasteiger partial charge in [-0.05, 0) is 23.3 Å². The van der Waals surface area contributed by atoms with Crippen LogP contribution < -0.4 is 5.73 Å². The molecule has 1 aliphatic heterocycles. The van der Waals surface area contributed by atoms with E-state index in [1.807, 2.05) is 12.1 Å². The van der Waals surface area contributed by atoms with Crippen LogP contribution in [-0.2, 0) is 6.54 Å². The number of hydrogen-bond donors (Lipinski definition) is 1. The van der Waals surface area contributed by atoms with E-state index >= 15 is 0 Å². The standard InChI is InChI=1S/C17H19FN2/c18-15-8-4-7-14(9-15)16-11-20(12-17(16)19)10-13-5-2-1-3-6-13/h1-9,16-17H,10-12,19H2/t16-,17-/m1/s1. The minimum Gasteiger partial charge on any atom is -0.326 e. The molecule has 0 bridgehead atoms. The number of benzene rings is 2. The predicted octanol–water partition coefficient (Wildman–Crippen LogP) is 2.75. The molecular formula is C17H19FN2. The zero-order valence-corrected chi connectivity index (χ0v) is 11.4. The highest BCUT2D eigenvalue weighted by molar-refractivity contribution is 5.25. The molecule has 20 heavy (non-hydrogen) atoms. The molecule has 1 aliphatic rings. The van der Waals surface area contributed by atoms with E-state index in [1.165, 1.54) is 11.6 Å². The Kier molecular flexibility index (Phi) is 3.81. The lowest BCUT2D eigenvalue weighted by atomic mass is 9.95. The summed E-state index contributed by atoms with van der Waals surface area (Å²) in [7, 11) is 0. The molecule has 0 amide bonds. The lowest BCUT2D eigenvalue weighted by molar-refractivity contribution is 0.324. The van der Waals surface area contributed by atoms with E-state index in [2.05, 4.69) is 29.2 Å². The number of halogens is 1. The van der Waals surface area contributed by atoms with Gasteiger partial charge in [-0.3, -0.25) is 4.90 Å². The lowest BCUT2D eigenvalue weighted by Crippen LogP contribution is -2.28. The zero-order valence-electron chi connectivity index (χ0n) is 11.4. The van der Waals surface area contributed by atoms with Crippen LogP contribution in [0.1, 0.15) is 17.0 Å². The van der Waals surface area contributed by atoms with Crippen LogP contribution in [0.25, 0.3) is 0 Å². The normalized spacial score (nSPS) is 23.1. The van der Waals surface area contributed by atoms with Crippen molar-refractivity contribution in [2.75, 3.05) is 13.1 Å². The molecule has 0 aromatic heterocycles. The third-order valence-electron chi connectivity index (χ3n) is 3.97. The summed E-state index contributed by atoms with van der Waals surface area (Å²) in [6.45, 7) is 2.65. The number of likely N-dealkylation sites (tertiary alicyclic amines) is 1. The van der Waals surface area contributed by atoms with Crippen LogP contribution in [0.15, 0.2) is 54.6 Å². The van der Waals surface area contributed by atoms with Gasteiger partial charge in [0.2, 0.25) is 0 Å². The van der Waals surface area contributed by atoms with Gasteiger partial charge in [-0.25, -0.2) is 4.39 Å². The summed E-state index contributed by atoms with van der Waals surface area (Å²) >= 11 is 0. The van der Waals surface area contributed by atoms with Crippen molar-refractivity contribution in [1.82, 2.24) is 4.90 Å². The zero-order chi connectivity index (χ0) is 13.9. The summed E-state index contributed by atoms with van der Waals surface area (Å²) in [6.07, 6.45) is 0. The maximum absolute atomic E-state index is 13.3.